The van der Waals surface area contributed by atoms with Gasteiger partial charge in [-0.1, -0.05) is 30.3 Å². The van der Waals surface area contributed by atoms with E-state index in [0.29, 0.717) is 35.6 Å². The van der Waals surface area contributed by atoms with E-state index in [-0.39, 0.29) is 11.9 Å². The van der Waals surface area contributed by atoms with E-state index in [1.165, 1.54) is 5.56 Å². The first kappa shape index (κ1) is 28.3. The molecule has 2 aliphatic rings. The number of carbonyl (C=O) groups is 1. The fraction of sp³-hybridized carbons (Fsp3) is 0.355. The first-order chi connectivity index (χ1) is 21.0. The molecule has 1 saturated heterocycles. The van der Waals surface area contributed by atoms with Crippen molar-refractivity contribution in [1.29, 1.82) is 0 Å². The third kappa shape index (κ3) is 5.78. The van der Waals surface area contributed by atoms with Crippen molar-refractivity contribution in [3.8, 4) is 22.9 Å². The van der Waals surface area contributed by atoms with Gasteiger partial charge in [0.25, 0.3) is 0 Å². The molecule has 0 radical (unpaired) electrons. The lowest BCUT2D eigenvalue weighted by Gasteiger charge is -2.32. The van der Waals surface area contributed by atoms with Crippen LogP contribution in [0.15, 0.2) is 55.0 Å². The number of hydrogen-bond donors (Lipinski definition) is 2. The standard InChI is InChI=1S/C31H36N8O4/c1-41-25-14-21(15-26(42-2)28(25)43-3)38-18-27(33-19-38)35-31-34-23-17-37(16-20-8-5-4-6-9-20)13-11-22(23)30(36-31)39-12-7-10-24(39)29(32)40/h4-6,8-9,14-15,18-19,24H,7,10-13,16-17H2,1-3H3,(H2,32,40)(H,34,35,36)/t24-/m0/s1. The number of amides is 1. The molecule has 3 N–H and O–H groups in total. The molecule has 12 nitrogen and oxygen atoms in total. The molecule has 0 aliphatic carbocycles. The summed E-state index contributed by atoms with van der Waals surface area (Å²) in [6.07, 6.45) is 5.92. The normalized spacial score (nSPS) is 16.5. The second-order valence-electron chi connectivity index (χ2n) is 10.7. The van der Waals surface area contributed by atoms with Crippen molar-refractivity contribution in [2.45, 2.75) is 38.4 Å². The second-order valence-corrected chi connectivity index (χ2v) is 10.7. The number of nitrogens with zero attached hydrogens (tertiary/aromatic N) is 6. The highest BCUT2D eigenvalue weighted by Gasteiger charge is 2.34. The molecule has 0 unspecified atom stereocenters. The fourth-order valence-corrected chi connectivity index (χ4v) is 5.91. The Morgan fingerprint density at radius 2 is 1.81 bits per heavy atom. The average molecular weight is 585 g/mol. The lowest BCUT2D eigenvalue weighted by molar-refractivity contribution is -0.119. The summed E-state index contributed by atoms with van der Waals surface area (Å²) in [5, 5.41) is 3.29. The number of imidazole rings is 1. The zero-order valence-corrected chi connectivity index (χ0v) is 24.6. The largest absolute Gasteiger partial charge is 0.493 e. The number of nitrogens with one attached hydrogen (secondary N) is 1. The Morgan fingerprint density at radius 1 is 1.05 bits per heavy atom. The number of fused-ring (bicyclic) bond motifs is 1. The van der Waals surface area contributed by atoms with Crippen molar-refractivity contribution < 1.29 is 19.0 Å². The van der Waals surface area contributed by atoms with E-state index in [1.54, 1.807) is 27.7 Å². The van der Waals surface area contributed by atoms with Gasteiger partial charge in [0.15, 0.2) is 17.3 Å². The Morgan fingerprint density at radius 3 is 2.51 bits per heavy atom. The maximum Gasteiger partial charge on any atom is 0.240 e. The van der Waals surface area contributed by atoms with Crippen molar-refractivity contribution in [3.63, 3.8) is 0 Å². The highest BCUT2D eigenvalue weighted by atomic mass is 16.5. The number of rotatable bonds is 10. The highest BCUT2D eigenvalue weighted by molar-refractivity contribution is 5.84. The molecule has 0 saturated carbocycles. The van der Waals surface area contributed by atoms with Crippen LogP contribution in [0.3, 0.4) is 0 Å². The molecular weight excluding hydrogens is 548 g/mol. The van der Waals surface area contributed by atoms with Gasteiger partial charge in [-0.25, -0.2) is 9.97 Å². The Balaban J connectivity index is 1.32. The summed E-state index contributed by atoms with van der Waals surface area (Å²) < 4.78 is 18.3. The zero-order chi connectivity index (χ0) is 29.9. The molecule has 1 amide bonds. The Kier molecular flexibility index (Phi) is 8.01. The molecule has 0 bridgehead atoms. The van der Waals surface area contributed by atoms with E-state index < -0.39 is 0 Å². The van der Waals surface area contributed by atoms with Crippen molar-refractivity contribution in [2.75, 3.05) is 44.6 Å². The number of primary amides is 1. The smallest absolute Gasteiger partial charge is 0.240 e. The Hall–Kier alpha value is -4.84. The van der Waals surface area contributed by atoms with Gasteiger partial charge >= 0.3 is 0 Å². The summed E-state index contributed by atoms with van der Waals surface area (Å²) in [4.78, 5) is 31.2. The third-order valence-corrected chi connectivity index (χ3v) is 7.99. The van der Waals surface area contributed by atoms with E-state index in [9.17, 15) is 4.79 Å². The molecule has 2 aromatic carbocycles. The average Bonchev–Trinajstić information content (AvgIpc) is 3.71. The van der Waals surface area contributed by atoms with Crippen LogP contribution in [0.1, 0.15) is 29.7 Å². The van der Waals surface area contributed by atoms with Gasteiger partial charge in [0, 0.05) is 43.9 Å². The van der Waals surface area contributed by atoms with Gasteiger partial charge in [-0.15, -0.1) is 0 Å². The van der Waals surface area contributed by atoms with Crippen LogP contribution in [-0.4, -0.2) is 70.8 Å². The van der Waals surface area contributed by atoms with Crippen LogP contribution in [0, 0.1) is 0 Å². The number of hydrogen-bond acceptors (Lipinski definition) is 10. The molecule has 0 spiro atoms. The summed E-state index contributed by atoms with van der Waals surface area (Å²) >= 11 is 0. The van der Waals surface area contributed by atoms with Crippen molar-refractivity contribution >= 4 is 23.5 Å². The van der Waals surface area contributed by atoms with E-state index in [0.717, 1.165) is 61.7 Å². The topological polar surface area (TPSA) is 133 Å². The molecule has 4 aromatic rings. The maximum absolute atomic E-state index is 12.3. The molecule has 4 heterocycles. The van der Waals surface area contributed by atoms with Crippen LogP contribution < -0.4 is 30.2 Å². The number of methoxy groups -OCH3 is 3. The van der Waals surface area contributed by atoms with Gasteiger partial charge in [-0.2, -0.15) is 4.98 Å². The zero-order valence-electron chi connectivity index (χ0n) is 24.6. The molecule has 43 heavy (non-hydrogen) atoms. The van der Waals surface area contributed by atoms with Gasteiger partial charge in [-0.3, -0.25) is 9.69 Å². The molecule has 2 aliphatic heterocycles. The van der Waals surface area contributed by atoms with E-state index in [2.05, 4.69) is 44.4 Å². The molecule has 6 rings (SSSR count). The Labute approximate surface area is 250 Å². The monoisotopic (exact) mass is 584 g/mol. The van der Waals surface area contributed by atoms with Crippen molar-refractivity contribution in [1.82, 2.24) is 24.4 Å². The predicted octanol–water partition coefficient (Wildman–Crippen LogP) is 3.44. The first-order valence-corrected chi connectivity index (χ1v) is 14.3. The van der Waals surface area contributed by atoms with Crippen LogP contribution >= 0.6 is 0 Å². The number of ether oxygens (including phenoxy) is 3. The van der Waals surface area contributed by atoms with Crippen LogP contribution in [0.5, 0.6) is 17.2 Å². The van der Waals surface area contributed by atoms with Crippen LogP contribution in [0.4, 0.5) is 17.6 Å². The molecular formula is C31H36N8O4. The molecule has 224 valence electrons. The van der Waals surface area contributed by atoms with Crippen molar-refractivity contribution in [3.05, 3.63) is 71.8 Å². The van der Waals surface area contributed by atoms with E-state index in [4.69, 9.17) is 29.9 Å². The number of carbonyl (C=O) groups excluding carboxylic acids is 1. The van der Waals surface area contributed by atoms with Crippen LogP contribution in [0.2, 0.25) is 0 Å². The first-order valence-electron chi connectivity index (χ1n) is 14.3. The summed E-state index contributed by atoms with van der Waals surface area (Å²) in [5.74, 6) is 3.02. The predicted molar refractivity (Wildman–Crippen MR) is 162 cm³/mol. The number of anilines is 3. The molecule has 2 aromatic heterocycles. The number of benzene rings is 2. The quantitative estimate of drug-likeness (QED) is 0.286. The summed E-state index contributed by atoms with van der Waals surface area (Å²) in [6, 6.07) is 13.7. The van der Waals surface area contributed by atoms with Gasteiger partial charge < -0.3 is 34.7 Å². The molecule has 12 heteroatoms. The summed E-state index contributed by atoms with van der Waals surface area (Å²) in [7, 11) is 4.73. The summed E-state index contributed by atoms with van der Waals surface area (Å²) in [6.45, 7) is 3.10. The highest BCUT2D eigenvalue weighted by Crippen LogP contribution is 2.39. The van der Waals surface area contributed by atoms with Gasteiger partial charge in [0.05, 0.1) is 38.9 Å². The van der Waals surface area contributed by atoms with E-state index in [1.807, 2.05) is 29.0 Å². The van der Waals surface area contributed by atoms with E-state index >= 15 is 0 Å². The number of aromatic nitrogens is 4. The maximum atomic E-state index is 12.3. The van der Waals surface area contributed by atoms with Crippen molar-refractivity contribution in [2.24, 2.45) is 5.73 Å². The van der Waals surface area contributed by atoms with Crippen LogP contribution in [-0.2, 0) is 24.3 Å². The van der Waals surface area contributed by atoms with Gasteiger partial charge in [0.1, 0.15) is 18.2 Å². The molecule has 1 fully saturated rings. The second kappa shape index (κ2) is 12.2. The minimum Gasteiger partial charge on any atom is -0.493 e. The van der Waals surface area contributed by atoms with Gasteiger partial charge in [0.2, 0.25) is 17.6 Å². The SMILES string of the molecule is COc1cc(-n2cnc(Nc3nc4c(c(N5CCC[C@H]5C(N)=O)n3)CCN(Cc3ccccc3)C4)c2)cc(OC)c1OC. The molecule has 1 atom stereocenters. The number of nitrogens with two attached hydrogens (primary N) is 1. The lowest BCUT2D eigenvalue weighted by Crippen LogP contribution is -2.42. The minimum absolute atomic E-state index is 0.329. The van der Waals surface area contributed by atoms with Gasteiger partial charge in [-0.05, 0) is 24.8 Å². The fourth-order valence-electron chi connectivity index (χ4n) is 5.91. The Bertz CT molecular complexity index is 1580. The third-order valence-electron chi connectivity index (χ3n) is 7.99. The summed E-state index contributed by atoms with van der Waals surface area (Å²) in [5.41, 5.74) is 9.85. The minimum atomic E-state index is -0.381. The van der Waals surface area contributed by atoms with Crippen LogP contribution in [0.25, 0.3) is 5.69 Å². The lowest BCUT2D eigenvalue weighted by atomic mass is 10.0.